The molecule has 9 nitrogen and oxygen atoms in total. The Kier molecular flexibility index (Phi) is 8.55. The molecule has 0 saturated heterocycles. The van der Waals surface area contributed by atoms with Gasteiger partial charge in [-0.3, -0.25) is 4.79 Å². The minimum atomic E-state index is -3.39. The number of amides is 2. The van der Waals surface area contributed by atoms with Crippen LogP contribution in [0.15, 0.2) is 29.2 Å². The molecule has 1 aromatic heterocycles. The molecule has 1 aliphatic rings. The average molecular weight is 523 g/mol. The highest BCUT2D eigenvalue weighted by Crippen LogP contribution is 2.38. The van der Waals surface area contributed by atoms with Crippen LogP contribution in [0.4, 0.5) is 9.80 Å². The maximum atomic E-state index is 12.8. The van der Waals surface area contributed by atoms with E-state index >= 15 is 0 Å². The van der Waals surface area contributed by atoms with Crippen molar-refractivity contribution in [2.45, 2.75) is 57.2 Å². The predicted octanol–water partition coefficient (Wildman–Crippen LogP) is 3.80. The summed E-state index contributed by atoms with van der Waals surface area (Å²) in [6.45, 7) is 7.82. The van der Waals surface area contributed by atoms with E-state index in [2.05, 4.69) is 5.32 Å². The summed E-state index contributed by atoms with van der Waals surface area (Å²) in [6.07, 6.45) is 0.0279. The van der Waals surface area contributed by atoms with Crippen molar-refractivity contribution >= 4 is 44.1 Å². The van der Waals surface area contributed by atoms with Crippen molar-refractivity contribution in [3.05, 3.63) is 45.8 Å². The van der Waals surface area contributed by atoms with Gasteiger partial charge in [-0.25, -0.2) is 18.0 Å². The molecule has 2 aromatic rings. The summed E-state index contributed by atoms with van der Waals surface area (Å²) in [5.74, 6) is -0.871. The molecule has 0 saturated carbocycles. The Morgan fingerprint density at radius 3 is 2.34 bits per heavy atom. The number of thiophene rings is 1. The molecule has 1 N–H and O–H groups in total. The van der Waals surface area contributed by atoms with Gasteiger partial charge in [0.2, 0.25) is 5.91 Å². The summed E-state index contributed by atoms with van der Waals surface area (Å²) in [6, 6.07) is 6.21. The third-order valence-corrected chi connectivity index (χ3v) is 8.86. The van der Waals surface area contributed by atoms with Crippen molar-refractivity contribution in [2.75, 3.05) is 25.1 Å². The Hall–Kier alpha value is -2.92. The van der Waals surface area contributed by atoms with Crippen LogP contribution in [-0.2, 0) is 43.5 Å². The standard InChI is InChI=1S/C24H30N2O7S2/c1-5-32-23(28)21-18-11-12-26(24(29)33-6-2)14-19(18)34-22(21)25-20(27)13-16-7-9-17(10-8-16)35(30,31)15(3)4/h7-10,15H,5-6,11-14H2,1-4H3,(H,25,27). The first-order valence-electron chi connectivity index (χ1n) is 11.4. The normalized spacial score (nSPS) is 13.3. The van der Waals surface area contributed by atoms with Crippen LogP contribution in [0.2, 0.25) is 0 Å². The van der Waals surface area contributed by atoms with Crippen molar-refractivity contribution in [3.8, 4) is 0 Å². The van der Waals surface area contributed by atoms with E-state index in [9.17, 15) is 22.8 Å². The van der Waals surface area contributed by atoms with Gasteiger partial charge in [0.05, 0.1) is 41.9 Å². The molecule has 1 aromatic carbocycles. The first-order chi connectivity index (χ1) is 16.6. The van der Waals surface area contributed by atoms with Crippen LogP contribution in [0.3, 0.4) is 0 Å². The first kappa shape index (κ1) is 26.7. The number of nitrogens with zero attached hydrogens (tertiary/aromatic N) is 1. The minimum Gasteiger partial charge on any atom is -0.462 e. The topological polar surface area (TPSA) is 119 Å². The zero-order valence-electron chi connectivity index (χ0n) is 20.3. The average Bonchev–Trinajstić information content (AvgIpc) is 3.16. The van der Waals surface area contributed by atoms with Gasteiger partial charge < -0.3 is 19.7 Å². The fourth-order valence-electron chi connectivity index (χ4n) is 3.71. The molecule has 35 heavy (non-hydrogen) atoms. The lowest BCUT2D eigenvalue weighted by atomic mass is 10.0. The Balaban J connectivity index is 1.79. The Morgan fingerprint density at radius 1 is 1.09 bits per heavy atom. The predicted molar refractivity (Wildman–Crippen MR) is 133 cm³/mol. The van der Waals surface area contributed by atoms with E-state index in [1.54, 1.807) is 44.7 Å². The molecule has 0 unspecified atom stereocenters. The largest absolute Gasteiger partial charge is 0.462 e. The first-order valence-corrected chi connectivity index (χ1v) is 13.8. The third-order valence-electron chi connectivity index (χ3n) is 5.55. The van der Waals surface area contributed by atoms with E-state index in [-0.39, 0.29) is 37.0 Å². The summed E-state index contributed by atoms with van der Waals surface area (Å²) in [5, 5.41) is 2.65. The number of hydrogen-bond acceptors (Lipinski definition) is 8. The second-order valence-corrected chi connectivity index (χ2v) is 11.9. The molecule has 11 heteroatoms. The lowest BCUT2D eigenvalue weighted by Gasteiger charge is -2.26. The van der Waals surface area contributed by atoms with Gasteiger partial charge in [-0.1, -0.05) is 12.1 Å². The molecule has 0 aliphatic carbocycles. The van der Waals surface area contributed by atoms with Gasteiger partial charge in [-0.2, -0.15) is 0 Å². The lowest BCUT2D eigenvalue weighted by Crippen LogP contribution is -2.36. The van der Waals surface area contributed by atoms with E-state index in [4.69, 9.17) is 9.47 Å². The van der Waals surface area contributed by atoms with Crippen molar-refractivity contribution < 1.29 is 32.3 Å². The molecule has 0 bridgehead atoms. The van der Waals surface area contributed by atoms with E-state index in [1.807, 2.05) is 0 Å². The number of esters is 1. The smallest absolute Gasteiger partial charge is 0.410 e. The van der Waals surface area contributed by atoms with Crippen LogP contribution in [0.25, 0.3) is 0 Å². The SMILES string of the molecule is CCOC(=O)c1c(NC(=O)Cc2ccc(S(=O)(=O)C(C)C)cc2)sc2c1CCN(C(=O)OCC)C2. The maximum Gasteiger partial charge on any atom is 0.410 e. The van der Waals surface area contributed by atoms with Crippen LogP contribution in [0.5, 0.6) is 0 Å². The molecule has 2 amide bonds. The number of rotatable bonds is 8. The number of benzene rings is 1. The fourth-order valence-corrected chi connectivity index (χ4v) is 6.03. The number of carbonyl (C=O) groups is 3. The molecule has 0 spiro atoms. The summed E-state index contributed by atoms with van der Waals surface area (Å²) in [7, 11) is -3.39. The van der Waals surface area contributed by atoms with Crippen molar-refractivity contribution in [1.82, 2.24) is 4.90 Å². The molecule has 0 atom stereocenters. The van der Waals surface area contributed by atoms with Gasteiger partial charge in [0.25, 0.3) is 0 Å². The van der Waals surface area contributed by atoms with E-state index in [0.717, 1.165) is 10.4 Å². The van der Waals surface area contributed by atoms with Crippen molar-refractivity contribution in [1.29, 1.82) is 0 Å². The van der Waals surface area contributed by atoms with Gasteiger partial charge in [0.15, 0.2) is 9.84 Å². The summed E-state index contributed by atoms with van der Waals surface area (Å²) in [4.78, 5) is 40.2. The number of fused-ring (bicyclic) bond motifs is 1. The molecular formula is C24H30N2O7S2. The molecule has 1 aliphatic heterocycles. The molecule has 190 valence electrons. The molecular weight excluding hydrogens is 492 g/mol. The van der Waals surface area contributed by atoms with Crippen LogP contribution >= 0.6 is 11.3 Å². The van der Waals surface area contributed by atoms with Crippen LogP contribution in [0, 0.1) is 0 Å². The van der Waals surface area contributed by atoms with Gasteiger partial charge in [-0.15, -0.1) is 11.3 Å². The summed E-state index contributed by atoms with van der Waals surface area (Å²) < 4.78 is 34.9. The second kappa shape index (κ2) is 11.2. The highest BCUT2D eigenvalue weighted by molar-refractivity contribution is 7.92. The molecule has 0 fully saturated rings. The van der Waals surface area contributed by atoms with Crippen molar-refractivity contribution in [3.63, 3.8) is 0 Å². The van der Waals surface area contributed by atoms with Gasteiger partial charge in [0.1, 0.15) is 5.00 Å². The number of carbonyl (C=O) groups excluding carboxylic acids is 3. The Labute approximate surface area is 209 Å². The lowest BCUT2D eigenvalue weighted by molar-refractivity contribution is -0.115. The highest BCUT2D eigenvalue weighted by atomic mass is 32.2. The summed E-state index contributed by atoms with van der Waals surface area (Å²) in [5.41, 5.74) is 1.73. The number of hydrogen-bond donors (Lipinski definition) is 1. The van der Waals surface area contributed by atoms with E-state index < -0.39 is 27.1 Å². The second-order valence-electron chi connectivity index (χ2n) is 8.26. The number of anilines is 1. The Morgan fingerprint density at radius 2 is 1.74 bits per heavy atom. The van der Waals surface area contributed by atoms with Gasteiger partial charge >= 0.3 is 12.1 Å². The number of nitrogens with one attached hydrogen (secondary N) is 1. The van der Waals surface area contributed by atoms with Gasteiger partial charge in [0, 0.05) is 11.4 Å². The Bertz CT molecular complexity index is 1200. The zero-order valence-corrected chi connectivity index (χ0v) is 21.9. The molecule has 2 heterocycles. The van der Waals surface area contributed by atoms with E-state index in [0.29, 0.717) is 29.1 Å². The van der Waals surface area contributed by atoms with Gasteiger partial charge in [-0.05, 0) is 57.4 Å². The van der Waals surface area contributed by atoms with E-state index in [1.165, 1.54) is 23.5 Å². The monoisotopic (exact) mass is 522 g/mol. The number of sulfone groups is 1. The van der Waals surface area contributed by atoms with Crippen molar-refractivity contribution in [2.24, 2.45) is 0 Å². The fraction of sp³-hybridized carbons (Fsp3) is 0.458. The van der Waals surface area contributed by atoms with Crippen LogP contribution < -0.4 is 5.32 Å². The quantitative estimate of drug-likeness (QED) is 0.524. The zero-order chi connectivity index (χ0) is 25.8. The molecule has 0 radical (unpaired) electrons. The maximum absolute atomic E-state index is 12.8. The highest BCUT2D eigenvalue weighted by Gasteiger charge is 2.31. The summed E-state index contributed by atoms with van der Waals surface area (Å²) >= 11 is 1.24. The molecule has 3 rings (SSSR count). The number of ether oxygens (including phenoxy) is 2. The van der Waals surface area contributed by atoms with Crippen LogP contribution in [0.1, 0.15) is 54.1 Å². The minimum absolute atomic E-state index is 0.00177. The third kappa shape index (κ3) is 6.02. The van der Waals surface area contributed by atoms with Crippen LogP contribution in [-0.4, -0.2) is 56.3 Å².